The third-order valence-corrected chi connectivity index (χ3v) is 6.03. The van der Waals surface area contributed by atoms with E-state index in [9.17, 15) is 4.79 Å². The molecule has 0 aliphatic carbocycles. The number of nitrogens with zero attached hydrogens (tertiary/aromatic N) is 3. The fourth-order valence-electron chi connectivity index (χ4n) is 4.27. The van der Waals surface area contributed by atoms with Crippen LogP contribution in [0.2, 0.25) is 0 Å². The van der Waals surface area contributed by atoms with E-state index in [2.05, 4.69) is 10.3 Å². The molecule has 4 rings (SSSR count). The van der Waals surface area contributed by atoms with Gasteiger partial charge in [0.15, 0.2) is 23.1 Å². The minimum atomic E-state index is -0.962. The van der Waals surface area contributed by atoms with Crippen LogP contribution in [0.5, 0.6) is 11.5 Å². The monoisotopic (exact) mass is 447 g/mol. The summed E-state index contributed by atoms with van der Waals surface area (Å²) in [4.78, 5) is 20.6. The van der Waals surface area contributed by atoms with Crippen molar-refractivity contribution >= 4 is 17.4 Å². The van der Waals surface area contributed by atoms with Crippen LogP contribution in [-0.4, -0.2) is 44.9 Å². The number of urea groups is 1. The fourth-order valence-corrected chi connectivity index (χ4v) is 4.27. The van der Waals surface area contributed by atoms with Crippen molar-refractivity contribution in [3.8, 4) is 11.5 Å². The standard InChI is InChI=1S/C22H27F2N5O3/c1-31-17-8-18(32-2)20(24)21(19(17)23)29-12-14-10-27-15(9-25)7-16(14)28(22(29)30)11-13-3-5-26-6-4-13/h7-8,10,13,26H,3-6,9,11-12,25H2,1-2H3. The number of anilines is 2. The van der Waals surface area contributed by atoms with Crippen molar-refractivity contribution in [3.63, 3.8) is 0 Å². The van der Waals surface area contributed by atoms with Gasteiger partial charge in [-0.2, -0.15) is 0 Å². The zero-order valence-corrected chi connectivity index (χ0v) is 18.2. The average molecular weight is 447 g/mol. The number of benzene rings is 1. The van der Waals surface area contributed by atoms with Crippen molar-refractivity contribution in [3.05, 3.63) is 41.2 Å². The summed E-state index contributed by atoms with van der Waals surface area (Å²) in [5.74, 6) is -2.08. The van der Waals surface area contributed by atoms with E-state index in [1.165, 1.54) is 14.2 Å². The average Bonchev–Trinajstić information content (AvgIpc) is 2.82. The maximum absolute atomic E-state index is 15.2. The van der Waals surface area contributed by atoms with Gasteiger partial charge in [-0.3, -0.25) is 14.8 Å². The predicted octanol–water partition coefficient (Wildman–Crippen LogP) is 2.78. The van der Waals surface area contributed by atoms with Crippen LogP contribution in [0.4, 0.5) is 25.0 Å². The summed E-state index contributed by atoms with van der Waals surface area (Å²) >= 11 is 0. The van der Waals surface area contributed by atoms with Gasteiger partial charge in [-0.1, -0.05) is 0 Å². The van der Waals surface area contributed by atoms with Gasteiger partial charge in [0.2, 0.25) is 0 Å². The van der Waals surface area contributed by atoms with Crippen molar-refractivity contribution in [2.24, 2.45) is 11.7 Å². The number of aromatic nitrogens is 1. The van der Waals surface area contributed by atoms with E-state index in [0.717, 1.165) is 36.9 Å². The summed E-state index contributed by atoms with van der Waals surface area (Å²) < 4.78 is 40.5. The van der Waals surface area contributed by atoms with Gasteiger partial charge in [0.1, 0.15) is 5.69 Å². The van der Waals surface area contributed by atoms with Crippen molar-refractivity contribution in [2.45, 2.75) is 25.9 Å². The lowest BCUT2D eigenvalue weighted by atomic mass is 9.96. The molecule has 2 aliphatic rings. The molecule has 8 nitrogen and oxygen atoms in total. The number of carbonyl (C=O) groups is 1. The maximum Gasteiger partial charge on any atom is 0.329 e. The third kappa shape index (κ3) is 3.95. The highest BCUT2D eigenvalue weighted by Crippen LogP contribution is 2.41. The van der Waals surface area contributed by atoms with Crippen molar-refractivity contribution in [2.75, 3.05) is 43.7 Å². The summed E-state index contributed by atoms with van der Waals surface area (Å²) in [6.45, 7) is 2.35. The van der Waals surface area contributed by atoms with E-state index in [4.69, 9.17) is 15.2 Å². The number of ether oxygens (including phenoxy) is 2. The molecular weight excluding hydrogens is 420 g/mol. The van der Waals surface area contributed by atoms with Gasteiger partial charge in [-0.25, -0.2) is 13.6 Å². The normalized spacial score (nSPS) is 16.8. The summed E-state index contributed by atoms with van der Waals surface area (Å²) in [7, 11) is 2.54. The molecule has 3 N–H and O–H groups in total. The van der Waals surface area contributed by atoms with Crippen LogP contribution < -0.4 is 30.3 Å². The van der Waals surface area contributed by atoms with Gasteiger partial charge in [-0.05, 0) is 37.9 Å². The van der Waals surface area contributed by atoms with Gasteiger partial charge in [0.25, 0.3) is 0 Å². The van der Waals surface area contributed by atoms with Gasteiger partial charge in [0.05, 0.1) is 32.1 Å². The smallest absolute Gasteiger partial charge is 0.329 e. The number of rotatable bonds is 6. The van der Waals surface area contributed by atoms with E-state index in [0.29, 0.717) is 23.5 Å². The predicted molar refractivity (Wildman–Crippen MR) is 116 cm³/mol. The number of fused-ring (bicyclic) bond motifs is 1. The van der Waals surface area contributed by atoms with Crippen LogP contribution in [0.25, 0.3) is 0 Å². The lowest BCUT2D eigenvalue weighted by molar-refractivity contribution is 0.246. The molecule has 2 aliphatic heterocycles. The molecular formula is C22H27F2N5O3. The zero-order valence-electron chi connectivity index (χ0n) is 18.2. The van der Waals surface area contributed by atoms with Crippen LogP contribution in [0.15, 0.2) is 18.3 Å². The molecule has 1 fully saturated rings. The summed E-state index contributed by atoms with van der Waals surface area (Å²) in [5.41, 5.74) is 7.25. The van der Waals surface area contributed by atoms with E-state index in [1.807, 2.05) is 0 Å². The number of methoxy groups -OCH3 is 2. The molecule has 10 heteroatoms. The number of nitrogens with one attached hydrogen (secondary N) is 1. The highest BCUT2D eigenvalue weighted by atomic mass is 19.1. The first kappa shape index (κ1) is 22.2. The SMILES string of the molecule is COc1cc(OC)c(F)c(N2Cc3cnc(CN)cc3N(CC3CCNCC3)C2=O)c1F. The zero-order chi connectivity index (χ0) is 22.8. The van der Waals surface area contributed by atoms with Crippen molar-refractivity contribution in [1.29, 1.82) is 0 Å². The first-order valence-electron chi connectivity index (χ1n) is 10.6. The van der Waals surface area contributed by atoms with Crippen LogP contribution in [0.1, 0.15) is 24.1 Å². The minimum Gasteiger partial charge on any atom is -0.493 e. The molecule has 1 aromatic carbocycles. The molecule has 2 amide bonds. The summed E-state index contributed by atoms with van der Waals surface area (Å²) in [6.07, 6.45) is 3.42. The van der Waals surface area contributed by atoms with Crippen molar-refractivity contribution < 1.29 is 23.0 Å². The lowest BCUT2D eigenvalue weighted by Crippen LogP contribution is -2.50. The topological polar surface area (TPSA) is 92.9 Å². The highest BCUT2D eigenvalue weighted by molar-refractivity contribution is 6.06. The van der Waals surface area contributed by atoms with Gasteiger partial charge < -0.3 is 20.5 Å². The second-order valence-electron chi connectivity index (χ2n) is 7.94. The summed E-state index contributed by atoms with van der Waals surface area (Å²) in [5, 5.41) is 3.31. The number of hydrogen-bond acceptors (Lipinski definition) is 6. The second kappa shape index (κ2) is 9.25. The first-order chi connectivity index (χ1) is 15.5. The Balaban J connectivity index is 1.80. The van der Waals surface area contributed by atoms with Crippen LogP contribution >= 0.6 is 0 Å². The first-order valence-corrected chi connectivity index (χ1v) is 10.6. The number of hydrogen-bond donors (Lipinski definition) is 2. The number of halogens is 2. The molecule has 0 bridgehead atoms. The molecule has 0 atom stereocenters. The van der Waals surface area contributed by atoms with Crippen LogP contribution in [-0.2, 0) is 13.1 Å². The number of nitrogens with two attached hydrogens (primary N) is 1. The van der Waals surface area contributed by atoms with E-state index in [1.54, 1.807) is 17.2 Å². The minimum absolute atomic E-state index is 0.0428. The molecule has 0 radical (unpaired) electrons. The Bertz CT molecular complexity index is 985. The van der Waals surface area contributed by atoms with E-state index < -0.39 is 23.4 Å². The maximum atomic E-state index is 15.2. The fraction of sp³-hybridized carbons (Fsp3) is 0.455. The summed E-state index contributed by atoms with van der Waals surface area (Å²) in [6, 6.07) is 2.39. The Morgan fingerprint density at radius 2 is 1.81 bits per heavy atom. The van der Waals surface area contributed by atoms with Crippen molar-refractivity contribution in [1.82, 2.24) is 10.3 Å². The van der Waals surface area contributed by atoms with Gasteiger partial charge in [0, 0.05) is 30.9 Å². The van der Waals surface area contributed by atoms with Gasteiger partial charge in [-0.15, -0.1) is 0 Å². The van der Waals surface area contributed by atoms with E-state index in [-0.39, 0.29) is 30.5 Å². The quantitative estimate of drug-likeness (QED) is 0.708. The Morgan fingerprint density at radius 1 is 1.16 bits per heavy atom. The number of pyridine rings is 1. The van der Waals surface area contributed by atoms with Gasteiger partial charge >= 0.3 is 6.03 Å². The molecule has 172 valence electrons. The molecule has 3 heterocycles. The molecule has 0 saturated carbocycles. The molecule has 0 unspecified atom stereocenters. The highest BCUT2D eigenvalue weighted by Gasteiger charge is 2.37. The Labute approximate surface area is 185 Å². The number of piperidine rings is 1. The Kier molecular flexibility index (Phi) is 6.43. The molecule has 32 heavy (non-hydrogen) atoms. The lowest BCUT2D eigenvalue weighted by Gasteiger charge is -2.39. The number of amides is 2. The van der Waals surface area contributed by atoms with Crippen LogP contribution in [0.3, 0.4) is 0 Å². The largest absolute Gasteiger partial charge is 0.493 e. The molecule has 0 spiro atoms. The molecule has 1 aromatic heterocycles. The third-order valence-electron chi connectivity index (χ3n) is 6.03. The van der Waals surface area contributed by atoms with E-state index >= 15 is 8.78 Å². The Hall–Kier alpha value is -2.98. The second-order valence-corrected chi connectivity index (χ2v) is 7.94. The molecule has 1 saturated heterocycles. The Morgan fingerprint density at radius 3 is 2.41 bits per heavy atom. The van der Waals surface area contributed by atoms with Crippen LogP contribution in [0, 0.1) is 17.6 Å². The number of carbonyl (C=O) groups excluding carboxylic acids is 1. The molecule has 2 aromatic rings.